The Hall–Kier alpha value is -0.760. The van der Waals surface area contributed by atoms with E-state index in [0.29, 0.717) is 18.5 Å². The third-order valence-electron chi connectivity index (χ3n) is 2.71. The third kappa shape index (κ3) is 6.25. The molecule has 0 rings (SSSR count). The van der Waals surface area contributed by atoms with Crippen molar-refractivity contribution < 1.29 is 27.4 Å². The number of quaternary nitrogens is 1. The Kier molecular flexibility index (Phi) is 6.69. The van der Waals surface area contributed by atoms with Crippen molar-refractivity contribution in [3.05, 3.63) is 12.2 Å². The van der Waals surface area contributed by atoms with Gasteiger partial charge in [-0.05, 0) is 6.92 Å². The molecule has 0 saturated heterocycles. The van der Waals surface area contributed by atoms with Crippen molar-refractivity contribution in [1.82, 2.24) is 0 Å². The van der Waals surface area contributed by atoms with Crippen LogP contribution in [0.15, 0.2) is 12.2 Å². The first-order valence-electron chi connectivity index (χ1n) is 5.72. The van der Waals surface area contributed by atoms with Crippen LogP contribution in [-0.2, 0) is 14.9 Å². The van der Waals surface area contributed by atoms with E-state index >= 15 is 0 Å². The summed E-state index contributed by atoms with van der Waals surface area (Å²) in [5.74, 6) is -0.685. The number of nitrogens with zero attached hydrogens (tertiary/aromatic N) is 1. The molecular weight excluding hydrogens is 258 g/mol. The van der Waals surface area contributed by atoms with E-state index in [9.17, 15) is 17.8 Å². The van der Waals surface area contributed by atoms with Gasteiger partial charge in [-0.15, -0.1) is 0 Å². The van der Waals surface area contributed by atoms with Crippen LogP contribution >= 0.6 is 0 Å². The van der Waals surface area contributed by atoms with Gasteiger partial charge in [-0.1, -0.05) is 6.58 Å². The van der Waals surface area contributed by atoms with Gasteiger partial charge in [0.05, 0.1) is 30.3 Å². The maximum atomic E-state index is 12.0. The lowest BCUT2D eigenvalue weighted by Crippen LogP contribution is -2.51. The van der Waals surface area contributed by atoms with Crippen molar-refractivity contribution in [2.75, 3.05) is 32.5 Å². The van der Waals surface area contributed by atoms with Crippen molar-refractivity contribution in [2.24, 2.45) is 0 Å². The molecule has 7 heteroatoms. The molecule has 1 unspecified atom stereocenters. The summed E-state index contributed by atoms with van der Waals surface area (Å²) in [6, 6.07) is 0. The monoisotopic (exact) mass is 279 g/mol. The maximum Gasteiger partial charge on any atom is 0.340 e. The van der Waals surface area contributed by atoms with E-state index in [1.165, 1.54) is 0 Å². The van der Waals surface area contributed by atoms with E-state index in [0.717, 1.165) is 0 Å². The molecule has 1 atom stereocenters. The molecule has 0 heterocycles. The summed E-state index contributed by atoms with van der Waals surface area (Å²) in [6.07, 6.45) is 0.548. The fourth-order valence-electron chi connectivity index (χ4n) is 1.79. The lowest BCUT2D eigenvalue weighted by atomic mass is 10.2. The molecule has 0 aliphatic carbocycles. The predicted octanol–water partition coefficient (Wildman–Crippen LogP) is -0.147. The van der Waals surface area contributed by atoms with E-state index < -0.39 is 15.9 Å². The Balaban J connectivity index is 4.67. The third-order valence-corrected chi connectivity index (χ3v) is 3.50. The van der Waals surface area contributed by atoms with Gasteiger partial charge in [0.25, 0.3) is 0 Å². The largest absolute Gasteiger partial charge is 0.748 e. The Bertz CT molecular complexity index is 404. The molecule has 6 nitrogen and oxygen atoms in total. The second kappa shape index (κ2) is 6.98. The van der Waals surface area contributed by atoms with Crippen LogP contribution in [0, 0.1) is 0 Å². The number of aliphatic hydroxyl groups excluding tert-OH is 1. The number of carbonyl (C=O) groups is 1. The molecule has 0 aliphatic rings. The fraction of sp³-hybridized carbons (Fsp3) is 0.727. The summed E-state index contributed by atoms with van der Waals surface area (Å²) in [5, 5.41) is 8.82. The van der Waals surface area contributed by atoms with Crippen LogP contribution in [0.1, 0.15) is 19.8 Å². The molecule has 0 radical (unpaired) electrons. The highest BCUT2D eigenvalue weighted by Gasteiger charge is 2.31. The quantitative estimate of drug-likeness (QED) is 0.379. The Morgan fingerprint density at radius 2 is 1.83 bits per heavy atom. The number of hydrogen-bond acceptors (Lipinski definition) is 5. The number of hydrogen-bond donors (Lipinski definition) is 1. The van der Waals surface area contributed by atoms with E-state index in [1.807, 2.05) is 0 Å². The van der Waals surface area contributed by atoms with Crippen LogP contribution in [-0.4, -0.2) is 61.0 Å². The lowest BCUT2D eigenvalue weighted by molar-refractivity contribution is -0.833. The van der Waals surface area contributed by atoms with Gasteiger partial charge >= 0.3 is 5.91 Å². The molecule has 0 aromatic heterocycles. The van der Waals surface area contributed by atoms with Crippen LogP contribution in [0.5, 0.6) is 0 Å². The van der Waals surface area contributed by atoms with Crippen molar-refractivity contribution in [1.29, 1.82) is 0 Å². The summed E-state index contributed by atoms with van der Waals surface area (Å²) in [4.78, 5) is 12.0. The normalized spacial score (nSPS) is 15.1. The van der Waals surface area contributed by atoms with Crippen molar-refractivity contribution in [3.63, 3.8) is 0 Å². The predicted molar refractivity (Wildman–Crippen MR) is 66.6 cm³/mol. The Labute approximate surface area is 108 Å². The zero-order chi connectivity index (χ0) is 14.4. The molecule has 0 spiro atoms. The van der Waals surface area contributed by atoms with Crippen molar-refractivity contribution >= 4 is 16.0 Å². The van der Waals surface area contributed by atoms with Gasteiger partial charge in [0.15, 0.2) is 0 Å². The average Bonchev–Trinajstić information content (AvgIpc) is 2.23. The number of rotatable bonds is 8. The average molecular weight is 279 g/mol. The molecule has 0 aromatic carbocycles. The fourth-order valence-corrected chi connectivity index (χ4v) is 2.27. The first kappa shape index (κ1) is 17.2. The van der Waals surface area contributed by atoms with Crippen molar-refractivity contribution in [3.8, 4) is 0 Å². The van der Waals surface area contributed by atoms with Gasteiger partial charge in [-0.2, -0.15) is 0 Å². The Morgan fingerprint density at radius 1 is 1.33 bits per heavy atom. The van der Waals surface area contributed by atoms with E-state index in [1.54, 1.807) is 14.0 Å². The van der Waals surface area contributed by atoms with Crippen LogP contribution in [0.4, 0.5) is 0 Å². The molecule has 0 saturated carbocycles. The molecule has 106 valence electrons. The molecule has 18 heavy (non-hydrogen) atoms. The standard InChI is InChI=1S/C11H21NO5S/c1-10(2)11(14)12(3,6-4-8-13)7-5-9-18(15,16)17/h13H,1,4-9H2,2-3H3. The zero-order valence-corrected chi connectivity index (χ0v) is 11.7. The summed E-state index contributed by atoms with van der Waals surface area (Å²) in [6.45, 7) is 5.75. The van der Waals surface area contributed by atoms with Gasteiger partial charge in [0.2, 0.25) is 0 Å². The molecule has 0 fully saturated rings. The minimum atomic E-state index is -4.26. The lowest BCUT2D eigenvalue weighted by Gasteiger charge is -2.31. The molecule has 1 amide bonds. The van der Waals surface area contributed by atoms with Gasteiger partial charge in [-0.3, -0.25) is 4.48 Å². The highest BCUT2D eigenvalue weighted by molar-refractivity contribution is 7.85. The van der Waals surface area contributed by atoms with Gasteiger partial charge in [-0.25, -0.2) is 13.2 Å². The summed E-state index contributed by atoms with van der Waals surface area (Å²) in [5.41, 5.74) is 0.375. The smallest absolute Gasteiger partial charge is 0.340 e. The second-order valence-corrected chi connectivity index (χ2v) is 6.14. The molecular formula is C11H21NO5S. The van der Waals surface area contributed by atoms with Crippen LogP contribution in [0.3, 0.4) is 0 Å². The maximum absolute atomic E-state index is 12.0. The van der Waals surface area contributed by atoms with E-state index in [2.05, 4.69) is 6.58 Å². The summed E-state index contributed by atoms with van der Waals surface area (Å²) < 4.78 is 31.6. The highest BCUT2D eigenvalue weighted by Crippen LogP contribution is 2.12. The molecule has 0 aliphatic heterocycles. The number of amides is 1. The minimum absolute atomic E-state index is 0.0363. The Morgan fingerprint density at radius 3 is 2.22 bits per heavy atom. The highest BCUT2D eigenvalue weighted by atomic mass is 32.2. The second-order valence-electron chi connectivity index (χ2n) is 4.62. The number of aliphatic hydroxyl groups is 1. The van der Waals surface area contributed by atoms with Gasteiger partial charge in [0.1, 0.15) is 0 Å². The van der Waals surface area contributed by atoms with E-state index in [4.69, 9.17) is 5.11 Å². The molecule has 0 bridgehead atoms. The SMILES string of the molecule is C=C(C)C(=O)[N+](C)(CCCO)CCCS(=O)(=O)[O-]. The first-order valence-corrected chi connectivity index (χ1v) is 7.29. The molecule has 0 aromatic rings. The van der Waals surface area contributed by atoms with Crippen LogP contribution < -0.4 is 0 Å². The molecule has 1 N–H and O–H groups in total. The van der Waals surface area contributed by atoms with Crippen molar-refractivity contribution in [2.45, 2.75) is 19.8 Å². The van der Waals surface area contributed by atoms with Gasteiger partial charge in [0, 0.05) is 30.8 Å². The van der Waals surface area contributed by atoms with Crippen LogP contribution in [0.25, 0.3) is 0 Å². The summed E-state index contributed by atoms with van der Waals surface area (Å²) in [7, 11) is -2.60. The topological polar surface area (TPSA) is 94.5 Å². The first-order chi connectivity index (χ1) is 8.12. The number of carbonyl (C=O) groups excluding carboxylic acids is 1. The number of likely N-dealkylation sites (N-methyl/N-ethyl adjacent to an activating group) is 1. The van der Waals surface area contributed by atoms with E-state index in [-0.39, 0.29) is 30.0 Å². The van der Waals surface area contributed by atoms with Crippen LogP contribution in [0.2, 0.25) is 0 Å². The summed E-state index contributed by atoms with van der Waals surface area (Å²) >= 11 is 0. The minimum Gasteiger partial charge on any atom is -0.748 e. The zero-order valence-electron chi connectivity index (χ0n) is 10.9. The van der Waals surface area contributed by atoms with Gasteiger partial charge < -0.3 is 9.66 Å².